The summed E-state index contributed by atoms with van der Waals surface area (Å²) in [4.78, 5) is 15.8. The number of nitrogens with zero attached hydrogens (tertiary/aromatic N) is 1. The normalized spacial score (nSPS) is 13.9. The van der Waals surface area contributed by atoms with Gasteiger partial charge in [0.2, 0.25) is 0 Å². The van der Waals surface area contributed by atoms with E-state index < -0.39 is 11.7 Å². The standard InChI is InChI=1S/C17H24FN3O2/c1-12(21-16(22)23-17(2,3)4)11-20-10-9-15(19)13-5-7-14(18)8-6-13/h5-10,12H,11,19H2,1-4H3,(H,21,22)/t12-/m0/s1. The summed E-state index contributed by atoms with van der Waals surface area (Å²) in [7, 11) is 0. The van der Waals surface area contributed by atoms with Gasteiger partial charge in [-0.2, -0.15) is 0 Å². The number of carbonyl (C=O) groups is 1. The molecule has 0 aliphatic carbocycles. The molecule has 1 rings (SSSR count). The molecule has 0 aromatic heterocycles. The van der Waals surface area contributed by atoms with Gasteiger partial charge in [-0.15, -0.1) is 0 Å². The van der Waals surface area contributed by atoms with Gasteiger partial charge in [0.15, 0.2) is 0 Å². The summed E-state index contributed by atoms with van der Waals surface area (Å²) in [5.74, 6) is -0.308. The number of allylic oxidation sites excluding steroid dienone is 1. The van der Waals surface area contributed by atoms with E-state index in [1.807, 2.05) is 6.92 Å². The number of ether oxygens (including phenoxy) is 1. The van der Waals surface area contributed by atoms with Crippen molar-refractivity contribution in [3.63, 3.8) is 0 Å². The molecule has 1 amide bonds. The minimum absolute atomic E-state index is 0.165. The van der Waals surface area contributed by atoms with E-state index in [0.29, 0.717) is 12.2 Å². The Morgan fingerprint density at radius 3 is 2.57 bits per heavy atom. The lowest BCUT2D eigenvalue weighted by Crippen LogP contribution is -2.39. The highest BCUT2D eigenvalue weighted by molar-refractivity contribution is 5.83. The summed E-state index contributed by atoms with van der Waals surface area (Å²) in [5.41, 5.74) is 6.55. The molecule has 0 aliphatic rings. The van der Waals surface area contributed by atoms with Crippen LogP contribution in [0.15, 0.2) is 35.3 Å². The van der Waals surface area contributed by atoms with Gasteiger partial charge in [0.05, 0.1) is 6.54 Å². The first-order valence-electron chi connectivity index (χ1n) is 7.38. The number of halogens is 1. The van der Waals surface area contributed by atoms with Gasteiger partial charge in [0.1, 0.15) is 11.4 Å². The highest BCUT2D eigenvalue weighted by Gasteiger charge is 2.17. The Kier molecular flexibility index (Phi) is 6.75. The Labute approximate surface area is 136 Å². The number of carbonyl (C=O) groups excluding carboxylic acids is 1. The highest BCUT2D eigenvalue weighted by Crippen LogP contribution is 2.09. The van der Waals surface area contributed by atoms with Crippen molar-refractivity contribution in [2.45, 2.75) is 39.3 Å². The fourth-order valence-electron chi connectivity index (χ4n) is 1.64. The summed E-state index contributed by atoms with van der Waals surface area (Å²) < 4.78 is 18.0. The topological polar surface area (TPSA) is 76.7 Å². The maximum Gasteiger partial charge on any atom is 0.407 e. The summed E-state index contributed by atoms with van der Waals surface area (Å²) in [6, 6.07) is 5.73. The highest BCUT2D eigenvalue weighted by atomic mass is 19.1. The van der Waals surface area contributed by atoms with E-state index in [2.05, 4.69) is 10.3 Å². The van der Waals surface area contributed by atoms with Gasteiger partial charge < -0.3 is 15.8 Å². The molecule has 0 saturated heterocycles. The van der Waals surface area contributed by atoms with Crippen LogP contribution < -0.4 is 11.1 Å². The zero-order chi connectivity index (χ0) is 17.5. The van der Waals surface area contributed by atoms with Crippen LogP contribution in [0.5, 0.6) is 0 Å². The molecule has 0 aliphatic heterocycles. The second-order valence-electron chi connectivity index (χ2n) is 6.19. The monoisotopic (exact) mass is 321 g/mol. The summed E-state index contributed by atoms with van der Waals surface area (Å²) in [6.45, 7) is 7.63. The van der Waals surface area contributed by atoms with Crippen molar-refractivity contribution in [2.24, 2.45) is 10.7 Å². The van der Waals surface area contributed by atoms with E-state index in [1.165, 1.54) is 12.1 Å². The number of benzene rings is 1. The molecule has 0 bridgehead atoms. The Morgan fingerprint density at radius 1 is 1.39 bits per heavy atom. The molecule has 3 N–H and O–H groups in total. The predicted octanol–water partition coefficient (Wildman–Crippen LogP) is 3.11. The molecule has 6 heteroatoms. The molecule has 0 fully saturated rings. The number of alkyl carbamates (subject to hydrolysis) is 1. The molecule has 0 spiro atoms. The molecule has 1 atom stereocenters. The minimum Gasteiger partial charge on any atom is -0.444 e. The number of hydrogen-bond donors (Lipinski definition) is 2. The third-order valence-corrected chi connectivity index (χ3v) is 2.68. The minimum atomic E-state index is -0.528. The van der Waals surface area contributed by atoms with Crippen LogP contribution in [0.4, 0.5) is 9.18 Å². The zero-order valence-electron chi connectivity index (χ0n) is 14.0. The van der Waals surface area contributed by atoms with Gasteiger partial charge in [-0.1, -0.05) is 12.1 Å². The number of rotatable bonds is 5. The average Bonchev–Trinajstić information content (AvgIpc) is 2.42. The van der Waals surface area contributed by atoms with Crippen LogP contribution in [0.1, 0.15) is 33.3 Å². The zero-order valence-corrected chi connectivity index (χ0v) is 14.0. The number of nitrogens with one attached hydrogen (secondary N) is 1. The van der Waals surface area contributed by atoms with Crippen LogP contribution >= 0.6 is 0 Å². The fraction of sp³-hybridized carbons (Fsp3) is 0.412. The number of hydrogen-bond acceptors (Lipinski definition) is 4. The van der Waals surface area contributed by atoms with Gasteiger partial charge in [0.25, 0.3) is 0 Å². The Balaban J connectivity index is 2.44. The average molecular weight is 321 g/mol. The first kappa shape index (κ1) is 18.7. The molecular formula is C17H24FN3O2. The number of nitrogens with two attached hydrogens (primary N) is 1. The molecule has 5 nitrogen and oxygen atoms in total. The first-order chi connectivity index (χ1) is 10.7. The van der Waals surface area contributed by atoms with Crippen molar-refractivity contribution in [1.82, 2.24) is 5.32 Å². The lowest BCUT2D eigenvalue weighted by molar-refractivity contribution is 0.0510. The molecule has 0 saturated carbocycles. The van der Waals surface area contributed by atoms with Crippen molar-refractivity contribution in [3.8, 4) is 0 Å². The third-order valence-electron chi connectivity index (χ3n) is 2.68. The van der Waals surface area contributed by atoms with Gasteiger partial charge in [0, 0.05) is 18.0 Å². The van der Waals surface area contributed by atoms with Crippen molar-refractivity contribution in [3.05, 3.63) is 41.7 Å². The van der Waals surface area contributed by atoms with Crippen LogP contribution in [-0.2, 0) is 4.74 Å². The van der Waals surface area contributed by atoms with Gasteiger partial charge in [-0.3, -0.25) is 4.99 Å². The lowest BCUT2D eigenvalue weighted by Gasteiger charge is -2.21. The van der Waals surface area contributed by atoms with E-state index in [9.17, 15) is 9.18 Å². The SMILES string of the molecule is C[C@@H](CN=CC=C(N)c1ccc(F)cc1)NC(=O)OC(C)(C)C. The van der Waals surface area contributed by atoms with Gasteiger partial charge in [-0.05, 0) is 51.5 Å². The summed E-state index contributed by atoms with van der Waals surface area (Å²) in [6.07, 6.45) is 2.72. The molecule has 0 heterocycles. The molecule has 1 aromatic rings. The van der Waals surface area contributed by atoms with Crippen LogP contribution in [0, 0.1) is 5.82 Å². The van der Waals surface area contributed by atoms with E-state index in [-0.39, 0.29) is 11.9 Å². The number of aliphatic imine (C=N–C) groups is 1. The molecule has 23 heavy (non-hydrogen) atoms. The summed E-state index contributed by atoms with van der Waals surface area (Å²) >= 11 is 0. The largest absolute Gasteiger partial charge is 0.444 e. The van der Waals surface area contributed by atoms with Crippen molar-refractivity contribution in [1.29, 1.82) is 0 Å². The predicted molar refractivity (Wildman–Crippen MR) is 90.8 cm³/mol. The Morgan fingerprint density at radius 2 is 2.00 bits per heavy atom. The molecule has 0 unspecified atom stereocenters. The van der Waals surface area contributed by atoms with Crippen molar-refractivity contribution < 1.29 is 13.9 Å². The van der Waals surface area contributed by atoms with E-state index in [4.69, 9.17) is 10.5 Å². The fourth-order valence-corrected chi connectivity index (χ4v) is 1.64. The first-order valence-corrected chi connectivity index (χ1v) is 7.38. The molecule has 126 valence electrons. The van der Waals surface area contributed by atoms with Crippen molar-refractivity contribution in [2.75, 3.05) is 6.54 Å². The maximum atomic E-state index is 12.8. The lowest BCUT2D eigenvalue weighted by atomic mass is 10.1. The molecule has 0 radical (unpaired) electrons. The maximum absolute atomic E-state index is 12.8. The van der Waals surface area contributed by atoms with E-state index >= 15 is 0 Å². The van der Waals surface area contributed by atoms with E-state index in [1.54, 1.807) is 45.2 Å². The van der Waals surface area contributed by atoms with Gasteiger partial charge in [-0.25, -0.2) is 9.18 Å². The molecular weight excluding hydrogens is 297 g/mol. The third kappa shape index (κ3) is 7.99. The smallest absolute Gasteiger partial charge is 0.407 e. The second-order valence-corrected chi connectivity index (χ2v) is 6.19. The van der Waals surface area contributed by atoms with Crippen LogP contribution in [0.3, 0.4) is 0 Å². The van der Waals surface area contributed by atoms with Gasteiger partial charge >= 0.3 is 6.09 Å². The van der Waals surface area contributed by atoms with Crippen LogP contribution in [0.25, 0.3) is 5.70 Å². The Hall–Kier alpha value is -2.37. The Bertz CT molecular complexity index is 574. The van der Waals surface area contributed by atoms with Crippen LogP contribution in [0.2, 0.25) is 0 Å². The summed E-state index contributed by atoms with van der Waals surface area (Å²) in [5, 5.41) is 2.69. The quantitative estimate of drug-likeness (QED) is 0.818. The van der Waals surface area contributed by atoms with E-state index in [0.717, 1.165) is 5.56 Å². The second kappa shape index (κ2) is 8.31. The number of amides is 1. The molecule has 1 aromatic carbocycles. The van der Waals surface area contributed by atoms with Crippen LogP contribution in [-0.4, -0.2) is 30.5 Å². The van der Waals surface area contributed by atoms with Crippen molar-refractivity contribution >= 4 is 18.0 Å².